The van der Waals surface area contributed by atoms with E-state index < -0.39 is 0 Å². The van der Waals surface area contributed by atoms with E-state index in [2.05, 4.69) is 20.2 Å². The molecule has 6 heteroatoms. The maximum absolute atomic E-state index is 13.3. The molecule has 1 amide bonds. The topological polar surface area (TPSA) is 74.8 Å². The Kier molecular flexibility index (Phi) is 4.52. The van der Waals surface area contributed by atoms with Gasteiger partial charge in [0.15, 0.2) is 0 Å². The van der Waals surface area contributed by atoms with Crippen molar-refractivity contribution in [3.63, 3.8) is 0 Å². The Bertz CT molecular complexity index is 1150. The van der Waals surface area contributed by atoms with E-state index in [1.165, 1.54) is 0 Å². The molecule has 1 N–H and O–H groups in total. The molecule has 1 saturated heterocycles. The lowest BCUT2D eigenvalue weighted by Crippen LogP contribution is -2.39. The molecule has 29 heavy (non-hydrogen) atoms. The minimum absolute atomic E-state index is 0.0453. The third kappa shape index (κ3) is 3.27. The zero-order chi connectivity index (χ0) is 19.6. The summed E-state index contributed by atoms with van der Waals surface area (Å²) in [6.07, 6.45) is 9.16. The summed E-state index contributed by atoms with van der Waals surface area (Å²) in [5.41, 5.74) is 4.69. The van der Waals surface area contributed by atoms with E-state index in [-0.39, 0.29) is 11.8 Å². The van der Waals surface area contributed by atoms with Crippen LogP contribution in [0.2, 0.25) is 0 Å². The number of hydrogen-bond donors (Lipinski definition) is 1. The first-order valence-corrected chi connectivity index (χ1v) is 9.88. The van der Waals surface area contributed by atoms with Crippen LogP contribution in [0.4, 0.5) is 0 Å². The summed E-state index contributed by atoms with van der Waals surface area (Å²) >= 11 is 0. The largest absolute Gasteiger partial charge is 0.338 e. The zero-order valence-corrected chi connectivity index (χ0v) is 16.0. The number of likely N-dealkylation sites (tertiary alicyclic amines) is 1. The highest BCUT2D eigenvalue weighted by Crippen LogP contribution is 2.33. The average Bonchev–Trinajstić information content (AvgIpc) is 3.29. The highest BCUT2D eigenvalue weighted by molar-refractivity contribution is 6.05. The van der Waals surface area contributed by atoms with Gasteiger partial charge in [-0.15, -0.1) is 0 Å². The van der Waals surface area contributed by atoms with Gasteiger partial charge in [0.1, 0.15) is 0 Å². The van der Waals surface area contributed by atoms with E-state index in [1.54, 1.807) is 18.6 Å². The van der Waals surface area contributed by atoms with Crippen LogP contribution in [-0.2, 0) is 0 Å². The van der Waals surface area contributed by atoms with Crippen molar-refractivity contribution in [3.05, 3.63) is 78.5 Å². The molecule has 1 aromatic carbocycles. The average molecular weight is 383 g/mol. The van der Waals surface area contributed by atoms with Gasteiger partial charge in [-0.3, -0.25) is 19.9 Å². The molecule has 0 radical (unpaired) electrons. The van der Waals surface area contributed by atoms with Crippen LogP contribution < -0.4 is 0 Å². The second-order valence-electron chi connectivity index (χ2n) is 7.40. The summed E-state index contributed by atoms with van der Waals surface area (Å²) in [7, 11) is 0. The smallest absolute Gasteiger partial charge is 0.256 e. The molecule has 4 aromatic rings. The van der Waals surface area contributed by atoms with Gasteiger partial charge in [-0.1, -0.05) is 18.2 Å². The number of aromatic nitrogens is 4. The third-order valence-corrected chi connectivity index (χ3v) is 5.64. The van der Waals surface area contributed by atoms with Crippen LogP contribution in [0.25, 0.3) is 22.0 Å². The third-order valence-electron chi connectivity index (χ3n) is 5.64. The first-order valence-electron chi connectivity index (χ1n) is 9.88. The molecular weight excluding hydrogens is 362 g/mol. The number of benzene rings is 1. The van der Waals surface area contributed by atoms with Crippen molar-refractivity contribution < 1.29 is 4.79 Å². The minimum atomic E-state index is 0.0453. The van der Waals surface area contributed by atoms with E-state index in [1.807, 2.05) is 53.6 Å². The maximum Gasteiger partial charge on any atom is 0.256 e. The fourth-order valence-corrected chi connectivity index (χ4v) is 4.21. The lowest BCUT2D eigenvalue weighted by molar-refractivity contribution is 0.0708. The van der Waals surface area contributed by atoms with E-state index in [4.69, 9.17) is 0 Å². The Morgan fingerprint density at radius 1 is 1.07 bits per heavy atom. The van der Waals surface area contributed by atoms with Crippen LogP contribution in [0.3, 0.4) is 0 Å². The van der Waals surface area contributed by atoms with Crippen molar-refractivity contribution in [2.24, 2.45) is 0 Å². The lowest BCUT2D eigenvalue weighted by atomic mass is 9.90. The summed E-state index contributed by atoms with van der Waals surface area (Å²) in [5, 5.41) is 8.45. The van der Waals surface area contributed by atoms with Gasteiger partial charge < -0.3 is 4.90 Å². The van der Waals surface area contributed by atoms with Gasteiger partial charge >= 0.3 is 0 Å². The Morgan fingerprint density at radius 2 is 1.93 bits per heavy atom. The number of nitrogens with one attached hydrogen (secondary N) is 1. The molecule has 1 atom stereocenters. The van der Waals surface area contributed by atoms with Crippen LogP contribution >= 0.6 is 0 Å². The molecular formula is C23H21N5O. The highest BCUT2D eigenvalue weighted by Gasteiger charge is 2.29. The minimum Gasteiger partial charge on any atom is -0.338 e. The number of rotatable bonds is 3. The van der Waals surface area contributed by atoms with Crippen molar-refractivity contribution in [2.75, 3.05) is 13.1 Å². The van der Waals surface area contributed by atoms with Crippen molar-refractivity contribution in [3.8, 4) is 11.1 Å². The van der Waals surface area contributed by atoms with Gasteiger partial charge in [-0.05, 0) is 42.7 Å². The summed E-state index contributed by atoms with van der Waals surface area (Å²) in [4.78, 5) is 23.8. The van der Waals surface area contributed by atoms with Crippen LogP contribution in [0.15, 0.2) is 67.3 Å². The normalized spacial score (nSPS) is 16.8. The molecule has 0 saturated carbocycles. The van der Waals surface area contributed by atoms with Gasteiger partial charge in [0, 0.05) is 54.2 Å². The number of carbonyl (C=O) groups is 1. The van der Waals surface area contributed by atoms with Crippen molar-refractivity contribution in [1.29, 1.82) is 0 Å². The van der Waals surface area contributed by atoms with Gasteiger partial charge in [0.05, 0.1) is 17.3 Å². The predicted octanol–water partition coefficient (Wildman–Crippen LogP) is 4.04. The molecule has 144 valence electrons. The van der Waals surface area contributed by atoms with Crippen LogP contribution in [0.5, 0.6) is 0 Å². The van der Waals surface area contributed by atoms with Gasteiger partial charge in [0.25, 0.3) is 5.91 Å². The quantitative estimate of drug-likeness (QED) is 0.579. The van der Waals surface area contributed by atoms with E-state index in [0.717, 1.165) is 47.1 Å². The second-order valence-corrected chi connectivity index (χ2v) is 7.40. The van der Waals surface area contributed by atoms with Crippen molar-refractivity contribution in [1.82, 2.24) is 25.1 Å². The molecule has 0 spiro atoms. The molecule has 4 heterocycles. The number of nitrogens with zero attached hydrogens (tertiary/aromatic N) is 4. The van der Waals surface area contributed by atoms with Crippen molar-refractivity contribution >= 4 is 16.8 Å². The summed E-state index contributed by atoms with van der Waals surface area (Å²) in [5.74, 6) is 0.269. The number of fused-ring (bicyclic) bond motifs is 1. The first kappa shape index (κ1) is 17.6. The van der Waals surface area contributed by atoms with Crippen LogP contribution in [0, 0.1) is 0 Å². The van der Waals surface area contributed by atoms with E-state index >= 15 is 0 Å². The van der Waals surface area contributed by atoms with Crippen LogP contribution in [-0.4, -0.2) is 44.1 Å². The Labute approximate surface area is 168 Å². The van der Waals surface area contributed by atoms with E-state index in [0.29, 0.717) is 12.1 Å². The molecule has 3 aromatic heterocycles. The molecule has 1 aliphatic rings. The standard InChI is InChI=1S/C23H21N5O/c29-23(19-7-1-4-17-5-2-10-25-21(17)19)28-13-3-6-18(15-28)22-20(14-26-27-22)16-8-11-24-12-9-16/h1-2,4-5,7-12,14,18H,3,6,13,15H2,(H,26,27). The molecule has 1 fully saturated rings. The lowest BCUT2D eigenvalue weighted by Gasteiger charge is -2.33. The molecule has 5 rings (SSSR count). The number of para-hydroxylation sites is 1. The Morgan fingerprint density at radius 3 is 2.83 bits per heavy atom. The Balaban J connectivity index is 1.43. The number of amides is 1. The van der Waals surface area contributed by atoms with Crippen molar-refractivity contribution in [2.45, 2.75) is 18.8 Å². The van der Waals surface area contributed by atoms with Gasteiger partial charge in [-0.2, -0.15) is 5.10 Å². The van der Waals surface area contributed by atoms with Gasteiger partial charge in [-0.25, -0.2) is 0 Å². The Hall–Kier alpha value is -3.54. The summed E-state index contributed by atoms with van der Waals surface area (Å²) in [6.45, 7) is 1.43. The molecule has 0 bridgehead atoms. The first-order chi connectivity index (χ1) is 14.3. The number of piperidine rings is 1. The summed E-state index contributed by atoms with van der Waals surface area (Å²) < 4.78 is 0. The molecule has 1 unspecified atom stereocenters. The number of aromatic amines is 1. The number of hydrogen-bond acceptors (Lipinski definition) is 4. The molecule has 1 aliphatic heterocycles. The SMILES string of the molecule is O=C(c1cccc2cccnc12)N1CCCC(c2[nH]ncc2-c2ccncc2)C1. The number of carbonyl (C=O) groups excluding carboxylic acids is 1. The van der Waals surface area contributed by atoms with E-state index in [9.17, 15) is 4.79 Å². The predicted molar refractivity (Wildman–Crippen MR) is 111 cm³/mol. The molecule has 6 nitrogen and oxygen atoms in total. The fourth-order valence-electron chi connectivity index (χ4n) is 4.21. The van der Waals surface area contributed by atoms with Crippen LogP contribution in [0.1, 0.15) is 34.8 Å². The molecule has 0 aliphatic carbocycles. The number of H-pyrrole nitrogens is 1. The fraction of sp³-hybridized carbons (Fsp3) is 0.217. The van der Waals surface area contributed by atoms with Gasteiger partial charge in [0.2, 0.25) is 0 Å². The highest BCUT2D eigenvalue weighted by atomic mass is 16.2. The maximum atomic E-state index is 13.3. The summed E-state index contributed by atoms with van der Waals surface area (Å²) in [6, 6.07) is 13.7. The number of pyridine rings is 2. The zero-order valence-electron chi connectivity index (χ0n) is 16.0. The second kappa shape index (κ2) is 7.47. The monoisotopic (exact) mass is 383 g/mol.